The van der Waals surface area contributed by atoms with Crippen LogP contribution < -0.4 is 15.9 Å². The molecule has 7 heteroatoms. The summed E-state index contributed by atoms with van der Waals surface area (Å²) in [5.74, 6) is 0.952. The van der Waals surface area contributed by atoms with Crippen molar-refractivity contribution in [2.75, 3.05) is 11.1 Å². The molecule has 4 rings (SSSR count). The molecule has 1 heterocycles. The number of thiazole rings is 1. The Bertz CT molecular complexity index is 1210. The van der Waals surface area contributed by atoms with Crippen molar-refractivity contribution in [3.05, 3.63) is 81.5 Å². The van der Waals surface area contributed by atoms with Crippen LogP contribution in [0.4, 0.5) is 5.69 Å². The number of aromatic nitrogens is 1. The Hall–Kier alpha value is -2.61. The molecule has 1 amide bonds. The van der Waals surface area contributed by atoms with Crippen LogP contribution in [0.3, 0.4) is 0 Å². The van der Waals surface area contributed by atoms with Gasteiger partial charge < -0.3 is 11.1 Å². The summed E-state index contributed by atoms with van der Waals surface area (Å²) in [5.41, 5.74) is 9.68. The number of nitrogens with two attached hydrogens (primary N) is 1. The molecular weight excluding hydrogens is 426 g/mol. The van der Waals surface area contributed by atoms with Crippen molar-refractivity contribution < 1.29 is 4.79 Å². The Balaban J connectivity index is 1.45. The Morgan fingerprint density at radius 1 is 1.26 bits per heavy atom. The van der Waals surface area contributed by atoms with Crippen molar-refractivity contribution in [1.29, 1.82) is 0 Å². The second kappa shape index (κ2) is 9.68. The van der Waals surface area contributed by atoms with Crippen LogP contribution in [-0.4, -0.2) is 22.3 Å². The van der Waals surface area contributed by atoms with Gasteiger partial charge in [-0.3, -0.25) is 14.2 Å². The Morgan fingerprint density at radius 2 is 2.06 bits per heavy atom. The molecule has 0 bridgehead atoms. The summed E-state index contributed by atoms with van der Waals surface area (Å²) >= 11 is 2.98. The molecule has 0 aliphatic heterocycles. The van der Waals surface area contributed by atoms with E-state index in [2.05, 4.69) is 12.2 Å². The van der Waals surface area contributed by atoms with E-state index in [1.165, 1.54) is 16.2 Å². The van der Waals surface area contributed by atoms with Gasteiger partial charge in [0.2, 0.25) is 5.91 Å². The Kier molecular flexibility index (Phi) is 6.75. The summed E-state index contributed by atoms with van der Waals surface area (Å²) in [7, 11) is 0. The summed E-state index contributed by atoms with van der Waals surface area (Å²) in [4.78, 5) is 26.2. The fraction of sp³-hybridized carbons (Fsp3) is 0.250. The molecule has 1 aromatic heterocycles. The lowest BCUT2D eigenvalue weighted by Gasteiger charge is -2.15. The zero-order valence-corrected chi connectivity index (χ0v) is 19.0. The van der Waals surface area contributed by atoms with Crippen LogP contribution in [0.1, 0.15) is 18.9 Å². The summed E-state index contributed by atoms with van der Waals surface area (Å²) in [6, 6.07) is 13.7. The second-order valence-electron chi connectivity index (χ2n) is 7.52. The van der Waals surface area contributed by atoms with Crippen LogP contribution >= 0.6 is 23.1 Å². The van der Waals surface area contributed by atoms with Gasteiger partial charge in [0.25, 0.3) is 0 Å². The summed E-state index contributed by atoms with van der Waals surface area (Å²) in [5, 5.41) is 2.95. The predicted molar refractivity (Wildman–Crippen MR) is 131 cm³/mol. The third-order valence-corrected chi connectivity index (χ3v) is 6.94. The number of amides is 1. The lowest BCUT2D eigenvalue weighted by atomic mass is 10.0. The number of carbonyl (C=O) groups is 1. The summed E-state index contributed by atoms with van der Waals surface area (Å²) < 4.78 is 2.64. The molecule has 0 saturated carbocycles. The number of allylic oxidation sites excluding steroid dienone is 2. The average Bonchev–Trinajstić information content (AvgIpc) is 3.04. The minimum Gasteiger partial charge on any atom is -0.326 e. The quantitative estimate of drug-likeness (QED) is 0.516. The van der Waals surface area contributed by atoms with Crippen LogP contribution in [0, 0.1) is 0 Å². The van der Waals surface area contributed by atoms with Gasteiger partial charge in [-0.15, -0.1) is 11.8 Å². The minimum atomic E-state index is -0.0739. The van der Waals surface area contributed by atoms with Crippen molar-refractivity contribution >= 4 is 44.9 Å². The van der Waals surface area contributed by atoms with E-state index in [0.717, 1.165) is 33.5 Å². The molecule has 1 atom stereocenters. The summed E-state index contributed by atoms with van der Waals surface area (Å²) in [6.07, 6.45) is 7.01. The number of carbonyl (C=O) groups excluding carboxylic acids is 1. The maximum absolute atomic E-state index is 12.6. The van der Waals surface area contributed by atoms with E-state index < -0.39 is 0 Å². The van der Waals surface area contributed by atoms with E-state index in [4.69, 9.17) is 5.73 Å². The maximum Gasteiger partial charge on any atom is 0.308 e. The zero-order valence-electron chi connectivity index (χ0n) is 17.3. The first kappa shape index (κ1) is 21.6. The highest BCUT2D eigenvalue weighted by Gasteiger charge is 2.13. The number of hydrogen-bond donors (Lipinski definition) is 2. The largest absolute Gasteiger partial charge is 0.326 e. The first-order chi connectivity index (χ1) is 15.0. The van der Waals surface area contributed by atoms with Gasteiger partial charge in [-0.05, 0) is 53.6 Å². The molecule has 0 fully saturated rings. The average molecular weight is 452 g/mol. The van der Waals surface area contributed by atoms with Gasteiger partial charge >= 0.3 is 4.87 Å². The third kappa shape index (κ3) is 5.36. The van der Waals surface area contributed by atoms with E-state index in [1.807, 2.05) is 60.7 Å². The lowest BCUT2D eigenvalue weighted by molar-refractivity contribution is -0.115. The molecule has 5 nitrogen and oxygen atoms in total. The topological polar surface area (TPSA) is 77.1 Å². The summed E-state index contributed by atoms with van der Waals surface area (Å²) in [6.45, 7) is 2.66. The molecule has 0 radical (unpaired) electrons. The molecule has 0 saturated heterocycles. The van der Waals surface area contributed by atoms with Crippen LogP contribution in [0.15, 0.2) is 76.0 Å². The molecule has 2 aromatic carbocycles. The van der Waals surface area contributed by atoms with Gasteiger partial charge in [0, 0.05) is 23.2 Å². The normalized spacial score (nSPS) is 15.8. The van der Waals surface area contributed by atoms with E-state index in [9.17, 15) is 9.59 Å². The molecule has 160 valence electrons. The third-order valence-electron chi connectivity index (χ3n) is 5.10. The molecule has 3 aromatic rings. The van der Waals surface area contributed by atoms with Crippen molar-refractivity contribution in [1.82, 2.24) is 4.57 Å². The second-order valence-corrected chi connectivity index (χ2v) is 9.85. The molecular formula is C24H25N3O2S2. The zero-order chi connectivity index (χ0) is 21.8. The monoisotopic (exact) mass is 451 g/mol. The SMILES string of the molecule is CCSc1ccc(CC(=O)Nc2ccc3c(c2)sc(=O)n3CC2=CC=CC(N)C2)cc1. The van der Waals surface area contributed by atoms with Gasteiger partial charge in [-0.25, -0.2) is 0 Å². The first-order valence-corrected chi connectivity index (χ1v) is 12.1. The molecule has 1 aliphatic carbocycles. The van der Waals surface area contributed by atoms with Crippen LogP contribution in [0.25, 0.3) is 10.2 Å². The molecule has 1 unspecified atom stereocenters. The smallest absolute Gasteiger partial charge is 0.308 e. The molecule has 0 spiro atoms. The fourth-order valence-electron chi connectivity index (χ4n) is 3.65. The highest BCUT2D eigenvalue weighted by Crippen LogP contribution is 2.24. The standard InChI is InChI=1S/C24H25N3O2S2/c1-2-30-20-9-6-16(7-10-20)13-23(28)26-19-8-11-21-22(14-19)31-24(29)27(21)15-17-4-3-5-18(25)12-17/h3-11,14,18H,2,12-13,15,25H2,1H3,(H,26,28). The maximum atomic E-state index is 12.6. The van der Waals surface area contributed by atoms with Gasteiger partial charge in [0.05, 0.1) is 16.6 Å². The number of rotatable bonds is 7. The van der Waals surface area contributed by atoms with Crippen LogP contribution in [-0.2, 0) is 17.8 Å². The number of thioether (sulfide) groups is 1. The highest BCUT2D eigenvalue weighted by molar-refractivity contribution is 7.99. The number of nitrogens with one attached hydrogen (secondary N) is 1. The predicted octanol–water partition coefficient (Wildman–Crippen LogP) is 4.57. The molecule has 1 aliphatic rings. The first-order valence-electron chi connectivity index (χ1n) is 10.3. The number of nitrogens with zero attached hydrogens (tertiary/aromatic N) is 1. The van der Waals surface area contributed by atoms with Crippen molar-refractivity contribution in [3.8, 4) is 0 Å². The number of anilines is 1. The molecule has 31 heavy (non-hydrogen) atoms. The Labute approximate surface area is 189 Å². The number of benzene rings is 2. The van der Waals surface area contributed by atoms with E-state index in [0.29, 0.717) is 18.7 Å². The van der Waals surface area contributed by atoms with Gasteiger partial charge in [0.15, 0.2) is 0 Å². The fourth-order valence-corrected chi connectivity index (χ4v) is 5.24. The van der Waals surface area contributed by atoms with Crippen LogP contribution in [0.5, 0.6) is 0 Å². The lowest BCUT2D eigenvalue weighted by Crippen LogP contribution is -2.22. The van der Waals surface area contributed by atoms with Crippen molar-refractivity contribution in [2.45, 2.75) is 37.2 Å². The van der Waals surface area contributed by atoms with Crippen molar-refractivity contribution in [2.24, 2.45) is 5.73 Å². The molecule has 3 N–H and O–H groups in total. The Morgan fingerprint density at radius 3 is 2.81 bits per heavy atom. The number of hydrogen-bond acceptors (Lipinski definition) is 5. The number of fused-ring (bicyclic) bond motifs is 1. The van der Waals surface area contributed by atoms with Gasteiger partial charge in [-0.1, -0.05) is 48.6 Å². The van der Waals surface area contributed by atoms with E-state index >= 15 is 0 Å². The van der Waals surface area contributed by atoms with Gasteiger partial charge in [0.1, 0.15) is 0 Å². The van der Waals surface area contributed by atoms with Crippen molar-refractivity contribution in [3.63, 3.8) is 0 Å². The minimum absolute atomic E-state index is 0.00372. The highest BCUT2D eigenvalue weighted by atomic mass is 32.2. The van der Waals surface area contributed by atoms with E-state index in [-0.39, 0.29) is 16.8 Å². The van der Waals surface area contributed by atoms with Crippen LogP contribution in [0.2, 0.25) is 0 Å². The van der Waals surface area contributed by atoms with Gasteiger partial charge in [-0.2, -0.15) is 0 Å². The van der Waals surface area contributed by atoms with E-state index in [1.54, 1.807) is 16.3 Å².